The molecule has 1 unspecified atom stereocenters. The van der Waals surface area contributed by atoms with Crippen LogP contribution < -0.4 is 4.74 Å². The summed E-state index contributed by atoms with van der Waals surface area (Å²) in [5.74, 6) is 1.63. The van der Waals surface area contributed by atoms with E-state index in [1.807, 2.05) is 12.1 Å². The molecule has 0 spiro atoms. The fourth-order valence-corrected chi connectivity index (χ4v) is 2.21. The molecule has 0 aliphatic rings. The summed E-state index contributed by atoms with van der Waals surface area (Å²) in [6.45, 7) is 7.58. The Morgan fingerprint density at radius 1 is 1.22 bits per heavy atom. The van der Waals surface area contributed by atoms with Crippen LogP contribution in [0.4, 0.5) is 4.79 Å². The first-order valence-electron chi connectivity index (χ1n) is 5.95. The van der Waals surface area contributed by atoms with Crippen molar-refractivity contribution in [3.05, 3.63) is 24.3 Å². The third-order valence-electron chi connectivity index (χ3n) is 2.25. The summed E-state index contributed by atoms with van der Waals surface area (Å²) in [6, 6.07) is 7.59. The Labute approximate surface area is 112 Å². The third kappa shape index (κ3) is 5.00. The molecule has 0 radical (unpaired) electrons. The normalized spacial score (nSPS) is 12.9. The van der Waals surface area contributed by atoms with Gasteiger partial charge in [0.15, 0.2) is 4.90 Å². The van der Waals surface area contributed by atoms with Gasteiger partial charge in [0.2, 0.25) is 0 Å². The molecule has 0 bridgehead atoms. The maximum absolute atomic E-state index is 11.5. The van der Waals surface area contributed by atoms with E-state index in [1.165, 1.54) is 4.90 Å². The zero-order valence-electron chi connectivity index (χ0n) is 11.6. The summed E-state index contributed by atoms with van der Waals surface area (Å²) in [7, 11) is 0.251. The lowest BCUT2D eigenvalue weighted by atomic mass is 10.2. The number of hydrogen-bond donors (Lipinski definition) is 0. The summed E-state index contributed by atoms with van der Waals surface area (Å²) < 4.78 is 10.2. The van der Waals surface area contributed by atoms with Crippen LogP contribution in [0, 0.1) is 0 Å². The van der Waals surface area contributed by atoms with Crippen molar-refractivity contribution in [2.45, 2.75) is 38.2 Å². The largest absolute Gasteiger partial charge is 0.514 e. The molecule has 100 valence electrons. The maximum atomic E-state index is 11.5. The Bertz CT molecular complexity index is 392. The molecule has 3 nitrogen and oxygen atoms in total. The van der Waals surface area contributed by atoms with Crippen molar-refractivity contribution in [1.82, 2.24) is 0 Å². The molecular formula is C14H21O3S+. The number of carbonyl (C=O) groups excluding carboxylic acids is 1. The molecular weight excluding hydrogens is 248 g/mol. The van der Waals surface area contributed by atoms with Crippen LogP contribution in [0.3, 0.4) is 0 Å². The summed E-state index contributed by atoms with van der Waals surface area (Å²) in [5.41, 5.74) is -0.533. The third-order valence-corrected chi connectivity index (χ3v) is 4.19. The molecule has 1 rings (SSSR count). The van der Waals surface area contributed by atoms with E-state index >= 15 is 0 Å². The Morgan fingerprint density at radius 3 is 2.22 bits per heavy atom. The molecule has 0 aromatic heterocycles. The van der Waals surface area contributed by atoms with Crippen LogP contribution in [-0.4, -0.2) is 23.8 Å². The van der Waals surface area contributed by atoms with E-state index in [4.69, 9.17) is 9.47 Å². The van der Waals surface area contributed by atoms with E-state index in [1.54, 1.807) is 32.9 Å². The van der Waals surface area contributed by atoms with Crippen LogP contribution in [-0.2, 0) is 15.6 Å². The van der Waals surface area contributed by atoms with E-state index < -0.39 is 11.8 Å². The van der Waals surface area contributed by atoms with Gasteiger partial charge in [0.1, 0.15) is 23.4 Å². The standard InChI is InChI=1S/C14H21O3S/c1-6-18(5)12-9-7-11(8-10-12)16-13(15)17-14(2,3)4/h7-10H,6H2,1-5H3/q+1. The fourth-order valence-electron chi connectivity index (χ4n) is 1.27. The summed E-state index contributed by atoms with van der Waals surface area (Å²) in [4.78, 5) is 12.7. The van der Waals surface area contributed by atoms with Gasteiger partial charge in [0.25, 0.3) is 0 Å². The molecule has 0 fully saturated rings. The quantitative estimate of drug-likeness (QED) is 0.477. The first kappa shape index (κ1) is 14.9. The number of carbonyl (C=O) groups is 1. The Morgan fingerprint density at radius 2 is 1.78 bits per heavy atom. The van der Waals surface area contributed by atoms with Crippen LogP contribution >= 0.6 is 0 Å². The minimum absolute atomic E-state index is 0.251. The zero-order chi connectivity index (χ0) is 13.8. The van der Waals surface area contributed by atoms with Gasteiger partial charge in [-0.3, -0.25) is 0 Å². The predicted octanol–water partition coefficient (Wildman–Crippen LogP) is 3.63. The molecule has 0 aliphatic carbocycles. The summed E-state index contributed by atoms with van der Waals surface area (Å²) in [5, 5.41) is 0. The SMILES string of the molecule is CC[S+](C)c1ccc(OC(=O)OC(C)(C)C)cc1. The summed E-state index contributed by atoms with van der Waals surface area (Å²) >= 11 is 0. The molecule has 1 aromatic rings. The number of rotatable bonds is 3. The highest BCUT2D eigenvalue weighted by molar-refractivity contribution is 7.96. The van der Waals surface area contributed by atoms with Crippen molar-refractivity contribution in [3.63, 3.8) is 0 Å². The monoisotopic (exact) mass is 269 g/mol. The van der Waals surface area contributed by atoms with Gasteiger partial charge >= 0.3 is 6.16 Å². The van der Waals surface area contributed by atoms with E-state index in [0.29, 0.717) is 5.75 Å². The van der Waals surface area contributed by atoms with Crippen LogP contribution in [0.25, 0.3) is 0 Å². The van der Waals surface area contributed by atoms with Crippen molar-refractivity contribution in [3.8, 4) is 5.75 Å². The molecule has 4 heteroatoms. The van der Waals surface area contributed by atoms with Crippen molar-refractivity contribution in [2.24, 2.45) is 0 Å². The number of benzene rings is 1. The first-order chi connectivity index (χ1) is 8.31. The van der Waals surface area contributed by atoms with Crippen LogP contribution in [0.1, 0.15) is 27.7 Å². The first-order valence-corrected chi connectivity index (χ1v) is 7.75. The second-order valence-electron chi connectivity index (χ2n) is 4.96. The van der Waals surface area contributed by atoms with Crippen molar-refractivity contribution >= 4 is 17.1 Å². The van der Waals surface area contributed by atoms with Gasteiger partial charge in [-0.05, 0) is 52.0 Å². The molecule has 0 saturated heterocycles. The minimum atomic E-state index is -0.666. The number of hydrogen-bond acceptors (Lipinski definition) is 3. The molecule has 0 saturated carbocycles. The molecule has 18 heavy (non-hydrogen) atoms. The van der Waals surface area contributed by atoms with Gasteiger partial charge in [-0.25, -0.2) is 4.79 Å². The lowest BCUT2D eigenvalue weighted by Gasteiger charge is -2.18. The molecule has 0 heterocycles. The lowest BCUT2D eigenvalue weighted by Crippen LogP contribution is -2.25. The second kappa shape index (κ2) is 6.14. The highest BCUT2D eigenvalue weighted by Gasteiger charge is 2.18. The Kier molecular flexibility index (Phi) is 5.08. The highest BCUT2D eigenvalue weighted by Crippen LogP contribution is 2.18. The highest BCUT2D eigenvalue weighted by atomic mass is 32.2. The number of ether oxygens (including phenoxy) is 2. The van der Waals surface area contributed by atoms with Crippen molar-refractivity contribution in [1.29, 1.82) is 0 Å². The average molecular weight is 269 g/mol. The molecule has 0 N–H and O–H groups in total. The Hall–Kier alpha value is -1.16. The van der Waals surface area contributed by atoms with Gasteiger partial charge in [-0.1, -0.05) is 0 Å². The molecule has 0 aliphatic heterocycles. The summed E-state index contributed by atoms with van der Waals surface area (Å²) in [6.07, 6.45) is 1.53. The van der Waals surface area contributed by atoms with Gasteiger partial charge in [-0.2, -0.15) is 0 Å². The molecule has 1 aromatic carbocycles. The maximum Gasteiger partial charge on any atom is 0.514 e. The Balaban J connectivity index is 2.61. The van der Waals surface area contributed by atoms with Crippen LogP contribution in [0.15, 0.2) is 29.2 Å². The predicted molar refractivity (Wildman–Crippen MR) is 75.4 cm³/mol. The van der Waals surface area contributed by atoms with Crippen molar-refractivity contribution < 1.29 is 14.3 Å². The van der Waals surface area contributed by atoms with Gasteiger partial charge in [-0.15, -0.1) is 0 Å². The molecule has 0 amide bonds. The smallest absolute Gasteiger partial charge is 0.428 e. The van der Waals surface area contributed by atoms with E-state index in [9.17, 15) is 4.79 Å². The zero-order valence-corrected chi connectivity index (χ0v) is 12.5. The van der Waals surface area contributed by atoms with Gasteiger partial charge < -0.3 is 9.47 Å². The topological polar surface area (TPSA) is 35.5 Å². The second-order valence-corrected chi connectivity index (χ2v) is 7.29. The van der Waals surface area contributed by atoms with E-state index in [2.05, 4.69) is 13.2 Å². The average Bonchev–Trinajstić information content (AvgIpc) is 2.26. The fraction of sp³-hybridized carbons (Fsp3) is 0.500. The van der Waals surface area contributed by atoms with Gasteiger partial charge in [0, 0.05) is 10.9 Å². The van der Waals surface area contributed by atoms with Crippen LogP contribution in [0.5, 0.6) is 5.75 Å². The van der Waals surface area contributed by atoms with Gasteiger partial charge in [0.05, 0.1) is 0 Å². The molecule has 1 atom stereocenters. The van der Waals surface area contributed by atoms with Crippen LogP contribution in [0.2, 0.25) is 0 Å². The lowest BCUT2D eigenvalue weighted by molar-refractivity contribution is 0.0206. The van der Waals surface area contributed by atoms with E-state index in [0.717, 1.165) is 5.75 Å². The minimum Gasteiger partial charge on any atom is -0.428 e. The van der Waals surface area contributed by atoms with Crippen molar-refractivity contribution in [2.75, 3.05) is 12.0 Å². The van der Waals surface area contributed by atoms with E-state index in [-0.39, 0.29) is 10.9 Å².